The summed E-state index contributed by atoms with van der Waals surface area (Å²) in [5, 5.41) is 8.00. The van der Waals surface area contributed by atoms with Crippen molar-refractivity contribution in [2.24, 2.45) is 11.7 Å². The first kappa shape index (κ1) is 26.4. The fourth-order valence-electron chi connectivity index (χ4n) is 3.66. The maximum atomic E-state index is 13.2. The van der Waals surface area contributed by atoms with Crippen LogP contribution in [0, 0.1) is 5.92 Å². The molecule has 2 aromatic rings. The zero-order valence-corrected chi connectivity index (χ0v) is 21.2. The van der Waals surface area contributed by atoms with E-state index in [9.17, 15) is 14.4 Å². The summed E-state index contributed by atoms with van der Waals surface area (Å²) in [6.07, 6.45) is 1.23. The van der Waals surface area contributed by atoms with Gasteiger partial charge in [0.15, 0.2) is 0 Å². The maximum Gasteiger partial charge on any atom is 0.273 e. The normalized spacial score (nSPS) is 16.4. The van der Waals surface area contributed by atoms with E-state index in [4.69, 9.17) is 15.2 Å². The molecular weight excluding hydrogens is 470 g/mol. The molecule has 1 aromatic heterocycles. The molecule has 0 saturated heterocycles. The Kier molecular flexibility index (Phi) is 9.44. The number of nitrogens with one attached hydrogen (secondary N) is 2. The van der Waals surface area contributed by atoms with E-state index in [2.05, 4.69) is 29.5 Å². The summed E-state index contributed by atoms with van der Waals surface area (Å²) in [7, 11) is 1.53. The minimum absolute atomic E-state index is 0.123. The van der Waals surface area contributed by atoms with Crippen molar-refractivity contribution in [3.63, 3.8) is 0 Å². The van der Waals surface area contributed by atoms with Gasteiger partial charge in [0.2, 0.25) is 5.91 Å². The van der Waals surface area contributed by atoms with Crippen LogP contribution >= 0.6 is 11.3 Å². The molecule has 190 valence electrons. The molecule has 1 aliphatic heterocycles. The Morgan fingerprint density at radius 2 is 2.09 bits per heavy atom. The van der Waals surface area contributed by atoms with Gasteiger partial charge >= 0.3 is 0 Å². The van der Waals surface area contributed by atoms with Crippen molar-refractivity contribution in [2.75, 3.05) is 39.9 Å². The lowest BCUT2D eigenvalue weighted by atomic mass is 10.1. The topological polar surface area (TPSA) is 136 Å². The van der Waals surface area contributed by atoms with E-state index in [1.54, 1.807) is 23.6 Å². The summed E-state index contributed by atoms with van der Waals surface area (Å²) in [6, 6.07) is 4.72. The van der Waals surface area contributed by atoms with Crippen molar-refractivity contribution in [2.45, 2.75) is 32.7 Å². The average Bonchev–Trinajstić information content (AvgIpc) is 3.32. The van der Waals surface area contributed by atoms with Gasteiger partial charge in [0.05, 0.1) is 31.8 Å². The number of fused-ring (bicyclic) bond motifs is 1. The van der Waals surface area contributed by atoms with E-state index >= 15 is 0 Å². The Morgan fingerprint density at radius 1 is 1.29 bits per heavy atom. The molecule has 10 nitrogen and oxygen atoms in total. The maximum absolute atomic E-state index is 13.2. The number of rotatable bonds is 5. The van der Waals surface area contributed by atoms with Gasteiger partial charge in [-0.05, 0) is 30.9 Å². The van der Waals surface area contributed by atoms with Crippen molar-refractivity contribution in [1.29, 1.82) is 0 Å². The summed E-state index contributed by atoms with van der Waals surface area (Å²) in [6.45, 7) is 5.00. The predicted octanol–water partition coefficient (Wildman–Crippen LogP) is 1.97. The van der Waals surface area contributed by atoms with Gasteiger partial charge in [-0.1, -0.05) is 13.8 Å². The molecule has 0 spiro atoms. The molecule has 3 rings (SSSR count). The molecule has 11 heteroatoms. The Balaban J connectivity index is 1.71. The number of hydrogen-bond acceptors (Lipinski definition) is 8. The van der Waals surface area contributed by atoms with Crippen LogP contribution in [0.5, 0.6) is 11.5 Å². The monoisotopic (exact) mass is 503 g/mol. The second kappa shape index (κ2) is 12.5. The Bertz CT molecular complexity index is 1040. The third-order valence-electron chi connectivity index (χ3n) is 5.41. The Hall–Kier alpha value is -3.18. The number of aromatic nitrogens is 1. The number of carbonyl (C=O) groups excluding carboxylic acids is 3. The highest BCUT2D eigenvalue weighted by Crippen LogP contribution is 2.25. The number of carbonyl (C=O) groups is 3. The number of thiazole rings is 1. The largest absolute Gasteiger partial charge is 0.497 e. The number of nitrogens with two attached hydrogens (primary N) is 1. The Morgan fingerprint density at radius 3 is 2.83 bits per heavy atom. The molecule has 0 aliphatic carbocycles. The molecule has 1 atom stereocenters. The molecule has 0 radical (unpaired) electrons. The fourth-order valence-corrected chi connectivity index (χ4v) is 4.47. The fraction of sp³-hybridized carbons (Fsp3) is 0.500. The van der Waals surface area contributed by atoms with Crippen LogP contribution < -0.4 is 25.8 Å². The van der Waals surface area contributed by atoms with Crippen LogP contribution in [-0.4, -0.2) is 67.5 Å². The van der Waals surface area contributed by atoms with Gasteiger partial charge in [0.1, 0.15) is 28.8 Å². The first-order valence-electron chi connectivity index (χ1n) is 11.6. The minimum Gasteiger partial charge on any atom is -0.497 e. The van der Waals surface area contributed by atoms with Gasteiger partial charge in [-0.25, -0.2) is 4.98 Å². The molecule has 0 bridgehead atoms. The lowest BCUT2D eigenvalue weighted by Crippen LogP contribution is -2.43. The quantitative estimate of drug-likeness (QED) is 0.567. The highest BCUT2D eigenvalue weighted by Gasteiger charge is 2.23. The molecule has 1 aromatic carbocycles. The molecule has 3 amide bonds. The molecule has 2 heterocycles. The Labute approximate surface area is 209 Å². The van der Waals surface area contributed by atoms with Gasteiger partial charge in [-0.2, -0.15) is 0 Å². The zero-order valence-electron chi connectivity index (χ0n) is 20.3. The van der Waals surface area contributed by atoms with Crippen LogP contribution in [0.25, 0.3) is 0 Å². The highest BCUT2D eigenvalue weighted by atomic mass is 32.1. The second-order valence-electron chi connectivity index (χ2n) is 8.70. The SMILES string of the molecule is COc1ccc2c(c1)OCCNC(=O)CN(C(=O)c1csc([C@@H](N)CC(C)C)n1)CCCNC2=O. The van der Waals surface area contributed by atoms with E-state index in [-0.39, 0.29) is 55.7 Å². The summed E-state index contributed by atoms with van der Waals surface area (Å²) in [5.74, 6) is 0.414. The van der Waals surface area contributed by atoms with Crippen LogP contribution in [0.2, 0.25) is 0 Å². The van der Waals surface area contributed by atoms with Crippen molar-refractivity contribution in [1.82, 2.24) is 20.5 Å². The first-order valence-corrected chi connectivity index (χ1v) is 12.5. The van der Waals surface area contributed by atoms with E-state index < -0.39 is 0 Å². The second-order valence-corrected chi connectivity index (χ2v) is 9.59. The van der Waals surface area contributed by atoms with E-state index in [1.807, 2.05) is 0 Å². The van der Waals surface area contributed by atoms with E-state index in [0.29, 0.717) is 41.0 Å². The lowest BCUT2D eigenvalue weighted by molar-refractivity contribution is -0.121. The van der Waals surface area contributed by atoms with E-state index in [1.165, 1.54) is 23.3 Å². The lowest BCUT2D eigenvalue weighted by Gasteiger charge is -2.22. The molecule has 4 N–H and O–H groups in total. The first-order chi connectivity index (χ1) is 16.8. The smallest absolute Gasteiger partial charge is 0.273 e. The highest BCUT2D eigenvalue weighted by molar-refractivity contribution is 7.09. The third kappa shape index (κ3) is 7.40. The molecule has 1 aliphatic rings. The standard InChI is InChI=1S/C24H33N5O5S/c1-15(2)11-18(25)23-28-19(14-35-23)24(32)29-9-4-7-27-22(31)17-6-5-16(33-3)12-20(17)34-10-8-26-21(30)13-29/h5-6,12,14-15,18H,4,7-11,13,25H2,1-3H3,(H,26,30)(H,27,31)/t18-/m0/s1. The van der Waals surface area contributed by atoms with Crippen LogP contribution in [0.3, 0.4) is 0 Å². The van der Waals surface area contributed by atoms with Crippen molar-refractivity contribution < 1.29 is 23.9 Å². The zero-order chi connectivity index (χ0) is 25.4. The van der Waals surface area contributed by atoms with Crippen LogP contribution in [0.15, 0.2) is 23.6 Å². The van der Waals surface area contributed by atoms with Crippen LogP contribution in [0.4, 0.5) is 0 Å². The van der Waals surface area contributed by atoms with Crippen LogP contribution in [-0.2, 0) is 4.79 Å². The van der Waals surface area contributed by atoms with Crippen molar-refractivity contribution in [3.8, 4) is 11.5 Å². The van der Waals surface area contributed by atoms with Crippen LogP contribution in [0.1, 0.15) is 58.6 Å². The summed E-state index contributed by atoms with van der Waals surface area (Å²) < 4.78 is 10.9. The minimum atomic E-state index is -0.341. The van der Waals surface area contributed by atoms with Gasteiger partial charge in [0, 0.05) is 24.5 Å². The molecular formula is C24H33N5O5S. The van der Waals surface area contributed by atoms with E-state index in [0.717, 1.165) is 6.42 Å². The number of benzene rings is 1. The van der Waals surface area contributed by atoms with Crippen molar-refractivity contribution >= 4 is 29.1 Å². The van der Waals surface area contributed by atoms with Gasteiger partial charge in [-0.15, -0.1) is 11.3 Å². The third-order valence-corrected chi connectivity index (χ3v) is 6.39. The average molecular weight is 504 g/mol. The summed E-state index contributed by atoms with van der Waals surface area (Å²) in [5.41, 5.74) is 6.86. The molecule has 0 unspecified atom stereocenters. The van der Waals surface area contributed by atoms with Gasteiger partial charge < -0.3 is 30.7 Å². The van der Waals surface area contributed by atoms with Crippen molar-refractivity contribution in [3.05, 3.63) is 39.8 Å². The molecule has 0 saturated carbocycles. The summed E-state index contributed by atoms with van der Waals surface area (Å²) in [4.78, 5) is 44.3. The number of hydrogen-bond donors (Lipinski definition) is 3. The number of amides is 3. The number of methoxy groups -OCH3 is 1. The molecule has 35 heavy (non-hydrogen) atoms. The summed E-state index contributed by atoms with van der Waals surface area (Å²) >= 11 is 1.35. The number of nitrogens with zero attached hydrogens (tertiary/aromatic N) is 2. The predicted molar refractivity (Wildman–Crippen MR) is 133 cm³/mol. The molecule has 0 fully saturated rings. The van der Waals surface area contributed by atoms with Gasteiger partial charge in [-0.3, -0.25) is 14.4 Å². The number of ether oxygens (including phenoxy) is 2. The van der Waals surface area contributed by atoms with Gasteiger partial charge in [0.25, 0.3) is 11.8 Å².